The van der Waals surface area contributed by atoms with E-state index in [1.807, 2.05) is 0 Å². The van der Waals surface area contributed by atoms with E-state index in [1.165, 1.54) is 83.5 Å². The molecule has 1 atom stereocenters. The Bertz CT molecular complexity index is 411. The first kappa shape index (κ1) is 31.0. The summed E-state index contributed by atoms with van der Waals surface area (Å²) in [5.41, 5.74) is 1.75. The van der Waals surface area contributed by atoms with Gasteiger partial charge in [-0.3, -0.25) is 0 Å². The second-order valence-electron chi connectivity index (χ2n) is 14.3. The average Bonchev–Trinajstić information content (AvgIpc) is 2.61. The van der Waals surface area contributed by atoms with Crippen LogP contribution in [0.25, 0.3) is 0 Å². The quantitative estimate of drug-likeness (QED) is 0.238. The minimum atomic E-state index is 0.354. The van der Waals surface area contributed by atoms with E-state index in [9.17, 15) is 0 Å². The Labute approximate surface area is 198 Å². The highest BCUT2D eigenvalue weighted by Crippen LogP contribution is 2.50. The van der Waals surface area contributed by atoms with Gasteiger partial charge in [-0.25, -0.2) is 0 Å². The predicted octanol–water partition coefficient (Wildman–Crippen LogP) is 10.2. The molecule has 0 bridgehead atoms. The molecule has 0 saturated carbocycles. The molecule has 31 heavy (non-hydrogen) atoms. The van der Waals surface area contributed by atoms with Crippen LogP contribution in [0.3, 0.4) is 0 Å². The van der Waals surface area contributed by atoms with Crippen molar-refractivity contribution in [1.29, 1.82) is 0 Å². The molecule has 0 aromatic heterocycles. The fourth-order valence-electron chi connectivity index (χ4n) is 5.07. The molecule has 0 spiro atoms. The molecule has 0 aliphatic rings. The molecule has 0 aromatic carbocycles. The highest BCUT2D eigenvalue weighted by atomic mass is 16.2. The maximum Gasteiger partial charge on any atom is 0.0431 e. The maximum atomic E-state index is 9.10. The lowest BCUT2D eigenvalue weighted by Gasteiger charge is -2.45. The van der Waals surface area contributed by atoms with Gasteiger partial charge < -0.3 is 5.11 Å². The first-order valence-corrected chi connectivity index (χ1v) is 13.7. The summed E-state index contributed by atoms with van der Waals surface area (Å²) in [6.07, 6.45) is 18.5. The highest BCUT2D eigenvalue weighted by molar-refractivity contribution is 4.90. The van der Waals surface area contributed by atoms with Gasteiger partial charge in [0.1, 0.15) is 0 Å². The first-order valence-electron chi connectivity index (χ1n) is 13.7. The molecule has 0 saturated heterocycles. The third-order valence-electron chi connectivity index (χ3n) is 7.32. The van der Waals surface area contributed by atoms with Gasteiger partial charge in [-0.2, -0.15) is 0 Å². The third kappa shape index (κ3) is 16.3. The molecule has 0 aliphatic carbocycles. The van der Waals surface area contributed by atoms with E-state index < -0.39 is 0 Å². The SMILES string of the molecule is CCCC(CCC(C)(C)C)C(CCCCCCCO)(CCC(C)(C)C)CCC(C)(C)C. The van der Waals surface area contributed by atoms with Crippen molar-refractivity contribution < 1.29 is 5.11 Å². The summed E-state index contributed by atoms with van der Waals surface area (Å²) >= 11 is 0. The molecule has 1 unspecified atom stereocenters. The topological polar surface area (TPSA) is 20.2 Å². The summed E-state index contributed by atoms with van der Waals surface area (Å²) in [6.45, 7) is 24.6. The lowest BCUT2D eigenvalue weighted by atomic mass is 9.60. The van der Waals surface area contributed by atoms with Crippen molar-refractivity contribution >= 4 is 0 Å². The van der Waals surface area contributed by atoms with Crippen molar-refractivity contribution in [3.05, 3.63) is 0 Å². The number of unbranched alkanes of at least 4 members (excludes halogenated alkanes) is 4. The van der Waals surface area contributed by atoms with E-state index in [0.717, 1.165) is 12.3 Å². The second kappa shape index (κ2) is 14.3. The van der Waals surface area contributed by atoms with Gasteiger partial charge in [0.2, 0.25) is 0 Å². The van der Waals surface area contributed by atoms with Gasteiger partial charge in [0, 0.05) is 6.61 Å². The van der Waals surface area contributed by atoms with Crippen molar-refractivity contribution in [3.63, 3.8) is 0 Å². The van der Waals surface area contributed by atoms with Gasteiger partial charge in [-0.15, -0.1) is 0 Å². The summed E-state index contributed by atoms with van der Waals surface area (Å²) in [5.74, 6) is 0.860. The van der Waals surface area contributed by atoms with Gasteiger partial charge in [0.25, 0.3) is 0 Å². The van der Waals surface area contributed by atoms with Crippen LogP contribution in [0, 0.1) is 27.6 Å². The maximum absolute atomic E-state index is 9.10. The molecule has 1 heteroatoms. The van der Waals surface area contributed by atoms with Crippen molar-refractivity contribution in [2.75, 3.05) is 6.61 Å². The fourth-order valence-corrected chi connectivity index (χ4v) is 5.07. The largest absolute Gasteiger partial charge is 0.396 e. The fraction of sp³-hybridized carbons (Fsp3) is 1.00. The molecule has 0 rings (SSSR count). The van der Waals surface area contributed by atoms with Gasteiger partial charge in [-0.05, 0) is 78.9 Å². The van der Waals surface area contributed by atoms with Crippen LogP contribution < -0.4 is 0 Å². The number of aliphatic hydroxyl groups is 1. The minimum absolute atomic E-state index is 0.354. The van der Waals surface area contributed by atoms with E-state index in [2.05, 4.69) is 69.2 Å². The molecule has 0 radical (unpaired) electrons. The van der Waals surface area contributed by atoms with E-state index in [1.54, 1.807) is 0 Å². The normalized spacial score (nSPS) is 14.8. The zero-order valence-corrected chi connectivity index (χ0v) is 23.6. The van der Waals surface area contributed by atoms with Crippen molar-refractivity contribution in [1.82, 2.24) is 0 Å². The zero-order chi connectivity index (χ0) is 24.2. The van der Waals surface area contributed by atoms with Gasteiger partial charge in [-0.1, -0.05) is 108 Å². The Morgan fingerprint density at radius 3 is 1.39 bits per heavy atom. The summed E-state index contributed by atoms with van der Waals surface area (Å²) in [6, 6.07) is 0. The Morgan fingerprint density at radius 1 is 0.516 bits per heavy atom. The lowest BCUT2D eigenvalue weighted by Crippen LogP contribution is -2.34. The Morgan fingerprint density at radius 2 is 0.968 bits per heavy atom. The molecule has 188 valence electrons. The summed E-state index contributed by atoms with van der Waals surface area (Å²) in [5, 5.41) is 9.10. The lowest BCUT2D eigenvalue weighted by molar-refractivity contribution is 0.0559. The predicted molar refractivity (Wildman–Crippen MR) is 142 cm³/mol. The average molecular weight is 439 g/mol. The molecule has 0 amide bonds. The van der Waals surface area contributed by atoms with E-state index in [4.69, 9.17) is 5.11 Å². The monoisotopic (exact) mass is 438 g/mol. The van der Waals surface area contributed by atoms with Crippen LogP contribution in [0.4, 0.5) is 0 Å². The Hall–Kier alpha value is -0.0400. The summed E-state index contributed by atoms with van der Waals surface area (Å²) < 4.78 is 0. The van der Waals surface area contributed by atoms with Crippen LogP contribution >= 0.6 is 0 Å². The molecule has 0 fully saturated rings. The molecule has 0 aliphatic heterocycles. The molecular weight excluding hydrogens is 376 g/mol. The molecule has 0 aromatic rings. The van der Waals surface area contributed by atoms with Crippen molar-refractivity contribution in [2.24, 2.45) is 27.6 Å². The number of rotatable bonds is 16. The van der Waals surface area contributed by atoms with Crippen LogP contribution in [0.15, 0.2) is 0 Å². The highest BCUT2D eigenvalue weighted by Gasteiger charge is 2.39. The first-order chi connectivity index (χ1) is 14.1. The number of hydrogen-bond acceptors (Lipinski definition) is 1. The molecule has 0 heterocycles. The molecule has 1 N–H and O–H groups in total. The van der Waals surface area contributed by atoms with Crippen molar-refractivity contribution in [2.45, 2.75) is 159 Å². The standard InChI is InChI=1S/C30H62O/c1-11-17-26(18-20-27(2,3)4)30(23-21-28(5,6)7,24-22-29(8,9)10)19-15-13-12-14-16-25-31/h26,31H,11-25H2,1-10H3. The number of aliphatic hydroxyl groups excluding tert-OH is 1. The smallest absolute Gasteiger partial charge is 0.0431 e. The van der Waals surface area contributed by atoms with Crippen LogP contribution in [-0.2, 0) is 0 Å². The van der Waals surface area contributed by atoms with Crippen molar-refractivity contribution in [3.8, 4) is 0 Å². The Kier molecular flexibility index (Phi) is 14.3. The summed E-state index contributed by atoms with van der Waals surface area (Å²) in [4.78, 5) is 0. The van der Waals surface area contributed by atoms with Crippen LogP contribution in [0.1, 0.15) is 159 Å². The van der Waals surface area contributed by atoms with Gasteiger partial charge in [0.15, 0.2) is 0 Å². The molecule has 1 nitrogen and oxygen atoms in total. The van der Waals surface area contributed by atoms with E-state index in [0.29, 0.717) is 28.3 Å². The second-order valence-corrected chi connectivity index (χ2v) is 14.3. The van der Waals surface area contributed by atoms with Gasteiger partial charge >= 0.3 is 0 Å². The zero-order valence-electron chi connectivity index (χ0n) is 23.6. The minimum Gasteiger partial charge on any atom is -0.396 e. The van der Waals surface area contributed by atoms with E-state index in [-0.39, 0.29) is 0 Å². The summed E-state index contributed by atoms with van der Waals surface area (Å²) in [7, 11) is 0. The van der Waals surface area contributed by atoms with Crippen LogP contribution in [0.5, 0.6) is 0 Å². The van der Waals surface area contributed by atoms with E-state index >= 15 is 0 Å². The number of hydrogen-bond donors (Lipinski definition) is 1. The van der Waals surface area contributed by atoms with Gasteiger partial charge in [0.05, 0.1) is 0 Å². The van der Waals surface area contributed by atoms with Crippen LogP contribution in [0.2, 0.25) is 0 Å². The molecular formula is C30H62O. The van der Waals surface area contributed by atoms with Crippen LogP contribution in [-0.4, -0.2) is 11.7 Å². The Balaban J connectivity index is 5.69. The third-order valence-corrected chi connectivity index (χ3v) is 7.32.